The first-order valence-corrected chi connectivity index (χ1v) is 10.2. The van der Waals surface area contributed by atoms with Gasteiger partial charge in [-0.15, -0.1) is 0 Å². The molecule has 0 N–H and O–H groups in total. The first-order chi connectivity index (χ1) is 10.2. The molecule has 4 aliphatic rings. The van der Waals surface area contributed by atoms with Crippen LogP contribution in [0.25, 0.3) is 0 Å². The molecule has 0 bridgehead atoms. The smallest absolute Gasteiger partial charge is 0.0292 e. The Labute approximate surface area is 132 Å². The molecule has 4 saturated carbocycles. The van der Waals surface area contributed by atoms with Crippen LogP contribution >= 0.6 is 0 Å². The van der Waals surface area contributed by atoms with Crippen LogP contribution in [0.1, 0.15) is 90.9 Å². The third-order valence-electron chi connectivity index (χ3n) is 8.58. The molecule has 120 valence electrons. The first kappa shape index (κ1) is 14.6. The second-order valence-corrected chi connectivity index (χ2v) is 9.61. The molecule has 0 radical (unpaired) electrons. The van der Waals surface area contributed by atoms with E-state index in [-0.39, 0.29) is 0 Å². The highest BCUT2D eigenvalue weighted by Crippen LogP contribution is 2.60. The van der Waals surface area contributed by atoms with E-state index in [0.717, 1.165) is 35.5 Å². The van der Waals surface area contributed by atoms with Crippen LogP contribution in [0.5, 0.6) is 0 Å². The van der Waals surface area contributed by atoms with Gasteiger partial charge in [0.1, 0.15) is 0 Å². The molecule has 0 aromatic carbocycles. The highest BCUT2D eigenvalue weighted by Gasteiger charge is 2.52. The molecule has 0 aromatic heterocycles. The Morgan fingerprint density at radius 1 is 0.524 bits per heavy atom. The van der Waals surface area contributed by atoms with E-state index < -0.39 is 0 Å². The molecule has 0 heteroatoms. The van der Waals surface area contributed by atoms with Crippen molar-refractivity contribution >= 4 is 0 Å². The molecule has 0 aromatic rings. The molecule has 0 saturated heterocycles. The zero-order valence-corrected chi connectivity index (χ0v) is 14.4. The lowest BCUT2D eigenvalue weighted by molar-refractivity contribution is 0.0263. The Balaban J connectivity index is 1.52. The van der Waals surface area contributed by atoms with Crippen LogP contribution < -0.4 is 0 Å². The summed E-state index contributed by atoms with van der Waals surface area (Å²) in [5.41, 5.74) is 0.632. The van der Waals surface area contributed by atoms with E-state index in [1.807, 2.05) is 0 Å². The van der Waals surface area contributed by atoms with Crippen LogP contribution in [0.3, 0.4) is 0 Å². The summed E-state index contributed by atoms with van der Waals surface area (Å²) in [5.74, 6) is 6.58. The summed E-state index contributed by atoms with van der Waals surface area (Å²) in [5, 5.41) is 0. The minimum absolute atomic E-state index is 0.632. The minimum atomic E-state index is 0.632. The van der Waals surface area contributed by atoms with Crippen molar-refractivity contribution in [2.45, 2.75) is 90.9 Å². The van der Waals surface area contributed by atoms with E-state index in [0.29, 0.717) is 5.41 Å². The Morgan fingerprint density at radius 2 is 0.952 bits per heavy atom. The van der Waals surface area contributed by atoms with E-state index in [2.05, 4.69) is 13.8 Å². The summed E-state index contributed by atoms with van der Waals surface area (Å²) in [6.07, 6.45) is 18.7. The van der Waals surface area contributed by atoms with Crippen LogP contribution in [0.2, 0.25) is 0 Å². The van der Waals surface area contributed by atoms with Gasteiger partial charge in [0, 0.05) is 0 Å². The van der Waals surface area contributed by atoms with E-state index in [1.165, 1.54) is 25.7 Å². The van der Waals surface area contributed by atoms with E-state index in [9.17, 15) is 0 Å². The van der Waals surface area contributed by atoms with Crippen LogP contribution in [-0.2, 0) is 0 Å². The lowest BCUT2D eigenvalue weighted by Crippen LogP contribution is -2.39. The fourth-order valence-corrected chi connectivity index (χ4v) is 7.59. The zero-order valence-electron chi connectivity index (χ0n) is 14.4. The van der Waals surface area contributed by atoms with Gasteiger partial charge in [-0.25, -0.2) is 0 Å². The molecule has 21 heavy (non-hydrogen) atoms. The van der Waals surface area contributed by atoms with Crippen LogP contribution in [0.15, 0.2) is 0 Å². The maximum Gasteiger partial charge on any atom is -0.0292 e. The summed E-state index contributed by atoms with van der Waals surface area (Å²) in [4.78, 5) is 0. The third kappa shape index (κ3) is 2.40. The van der Waals surface area contributed by atoms with Crippen molar-refractivity contribution in [2.75, 3.05) is 0 Å². The maximum atomic E-state index is 2.69. The zero-order chi connectivity index (χ0) is 14.4. The minimum Gasteiger partial charge on any atom is -0.0594 e. The van der Waals surface area contributed by atoms with Crippen LogP contribution in [-0.4, -0.2) is 0 Å². The van der Waals surface area contributed by atoms with Gasteiger partial charge in [0.15, 0.2) is 0 Å². The molecular formula is C21H36. The Morgan fingerprint density at radius 3 is 1.43 bits per heavy atom. The molecule has 0 spiro atoms. The SMILES string of the molecule is CC(C)(C1CCC2CCCCC21)C1CCC2CCCCC21. The average molecular weight is 289 g/mol. The lowest BCUT2D eigenvalue weighted by atomic mass is 9.59. The van der Waals surface area contributed by atoms with Crippen molar-refractivity contribution in [2.24, 2.45) is 40.9 Å². The molecule has 0 amide bonds. The first-order valence-electron chi connectivity index (χ1n) is 10.2. The van der Waals surface area contributed by atoms with E-state index in [1.54, 1.807) is 51.4 Å². The van der Waals surface area contributed by atoms with Gasteiger partial charge >= 0.3 is 0 Å². The van der Waals surface area contributed by atoms with Crippen molar-refractivity contribution in [1.29, 1.82) is 0 Å². The van der Waals surface area contributed by atoms with Crippen molar-refractivity contribution < 1.29 is 0 Å². The standard InChI is InChI=1S/C21H36/c1-21(2,19-13-11-15-7-3-5-9-17(15)19)20-14-12-16-8-4-6-10-18(16)20/h15-20H,3-14H2,1-2H3. The third-order valence-corrected chi connectivity index (χ3v) is 8.58. The molecule has 6 unspecified atom stereocenters. The molecule has 4 aliphatic carbocycles. The van der Waals surface area contributed by atoms with Crippen molar-refractivity contribution in [1.82, 2.24) is 0 Å². The topological polar surface area (TPSA) is 0 Å². The predicted molar refractivity (Wildman–Crippen MR) is 90.1 cm³/mol. The normalized spacial score (nSPS) is 47.1. The summed E-state index contributed by atoms with van der Waals surface area (Å²) in [6.45, 7) is 5.38. The number of hydrogen-bond donors (Lipinski definition) is 0. The van der Waals surface area contributed by atoms with E-state index in [4.69, 9.17) is 0 Å². The number of rotatable bonds is 2. The average Bonchev–Trinajstić information content (AvgIpc) is 3.12. The van der Waals surface area contributed by atoms with Crippen LogP contribution in [0, 0.1) is 40.9 Å². The molecule has 0 aliphatic heterocycles. The highest BCUT2D eigenvalue weighted by molar-refractivity contribution is 5.01. The van der Waals surface area contributed by atoms with Gasteiger partial charge in [-0.3, -0.25) is 0 Å². The van der Waals surface area contributed by atoms with Gasteiger partial charge in [0.2, 0.25) is 0 Å². The molecule has 0 nitrogen and oxygen atoms in total. The largest absolute Gasteiger partial charge is 0.0594 e. The molecule has 0 heterocycles. The van der Waals surface area contributed by atoms with Crippen molar-refractivity contribution in [3.63, 3.8) is 0 Å². The molecule has 6 atom stereocenters. The fraction of sp³-hybridized carbons (Fsp3) is 1.00. The predicted octanol–water partition coefficient (Wildman–Crippen LogP) is 6.45. The summed E-state index contributed by atoms with van der Waals surface area (Å²) >= 11 is 0. The van der Waals surface area contributed by atoms with Gasteiger partial charge in [0.25, 0.3) is 0 Å². The second kappa shape index (κ2) is 5.57. The molecular weight excluding hydrogens is 252 g/mol. The summed E-state index contributed by atoms with van der Waals surface area (Å²) in [6, 6.07) is 0. The Bertz CT molecular complexity index is 334. The quantitative estimate of drug-likeness (QED) is 0.548. The monoisotopic (exact) mass is 288 g/mol. The fourth-order valence-electron chi connectivity index (χ4n) is 7.59. The number of fused-ring (bicyclic) bond motifs is 2. The van der Waals surface area contributed by atoms with Crippen molar-refractivity contribution in [3.05, 3.63) is 0 Å². The van der Waals surface area contributed by atoms with Gasteiger partial charge in [-0.1, -0.05) is 52.4 Å². The lowest BCUT2D eigenvalue weighted by Gasteiger charge is -2.46. The number of hydrogen-bond acceptors (Lipinski definition) is 0. The molecule has 4 rings (SSSR count). The summed E-state index contributed by atoms with van der Waals surface area (Å²) < 4.78 is 0. The van der Waals surface area contributed by atoms with Gasteiger partial charge in [-0.05, 0) is 79.4 Å². The summed E-state index contributed by atoms with van der Waals surface area (Å²) in [7, 11) is 0. The van der Waals surface area contributed by atoms with Gasteiger partial charge < -0.3 is 0 Å². The van der Waals surface area contributed by atoms with Gasteiger partial charge in [-0.2, -0.15) is 0 Å². The Kier molecular flexibility index (Phi) is 3.87. The van der Waals surface area contributed by atoms with Gasteiger partial charge in [0.05, 0.1) is 0 Å². The highest BCUT2D eigenvalue weighted by atomic mass is 14.6. The molecule has 4 fully saturated rings. The van der Waals surface area contributed by atoms with Crippen LogP contribution in [0.4, 0.5) is 0 Å². The van der Waals surface area contributed by atoms with Crippen molar-refractivity contribution in [3.8, 4) is 0 Å². The maximum absolute atomic E-state index is 2.69. The second-order valence-electron chi connectivity index (χ2n) is 9.61. The Hall–Kier alpha value is 0. The van der Waals surface area contributed by atoms with E-state index >= 15 is 0 Å².